The number of para-hydroxylation sites is 1. The van der Waals surface area contributed by atoms with E-state index in [4.69, 9.17) is 0 Å². The van der Waals surface area contributed by atoms with Crippen LogP contribution >= 0.6 is 0 Å². The van der Waals surface area contributed by atoms with Crippen molar-refractivity contribution in [1.29, 1.82) is 0 Å². The maximum absolute atomic E-state index is 12.5. The molecule has 0 aliphatic rings. The molecule has 1 aromatic heterocycles. The molecule has 1 heterocycles. The van der Waals surface area contributed by atoms with Gasteiger partial charge < -0.3 is 20.1 Å². The quantitative estimate of drug-likeness (QED) is 0.166. The van der Waals surface area contributed by atoms with Crippen LogP contribution < -0.4 is 5.32 Å². The van der Waals surface area contributed by atoms with Gasteiger partial charge >= 0.3 is 0 Å². The van der Waals surface area contributed by atoms with E-state index >= 15 is 0 Å². The van der Waals surface area contributed by atoms with Crippen molar-refractivity contribution in [3.63, 3.8) is 0 Å². The van der Waals surface area contributed by atoms with Crippen LogP contribution in [0.5, 0.6) is 11.6 Å². The third-order valence-electron chi connectivity index (χ3n) is 4.91. The Morgan fingerprint density at radius 2 is 1.74 bits per heavy atom. The largest absolute Gasteiger partial charge is 0.508 e. The van der Waals surface area contributed by atoms with Crippen LogP contribution in [-0.2, 0) is 11.3 Å². The maximum Gasteiger partial charge on any atom is 0.295 e. The number of carbonyl (C=O) groups excluding carboxylic acids is 2. The lowest BCUT2D eigenvalue weighted by molar-refractivity contribution is -0.384. The number of azo groups is 1. The zero-order valence-corrected chi connectivity index (χ0v) is 17.5. The zero-order valence-electron chi connectivity index (χ0n) is 17.5. The molecule has 0 bridgehead atoms. The highest BCUT2D eigenvalue weighted by molar-refractivity contribution is 5.99. The third-order valence-corrected chi connectivity index (χ3v) is 4.91. The van der Waals surface area contributed by atoms with Gasteiger partial charge in [-0.05, 0) is 36.4 Å². The number of nitro benzene ring substituents is 1. The van der Waals surface area contributed by atoms with Gasteiger partial charge in [0.2, 0.25) is 11.8 Å². The molecule has 0 atom stereocenters. The Balaban J connectivity index is 1.61. The topological polar surface area (TPSA) is 159 Å². The van der Waals surface area contributed by atoms with Crippen LogP contribution in [0, 0.1) is 10.1 Å². The molecule has 0 radical (unpaired) electrons. The Morgan fingerprint density at radius 3 is 2.47 bits per heavy atom. The molecule has 0 saturated heterocycles. The minimum atomic E-state index is -0.829. The summed E-state index contributed by atoms with van der Waals surface area (Å²) < 4.78 is 1.32. The van der Waals surface area contributed by atoms with Gasteiger partial charge in [-0.1, -0.05) is 24.3 Å². The van der Waals surface area contributed by atoms with Gasteiger partial charge in [0, 0.05) is 23.2 Å². The summed E-state index contributed by atoms with van der Waals surface area (Å²) in [6.07, 6.45) is 0. The number of aromatic nitrogens is 1. The second kappa shape index (κ2) is 9.20. The molecular formula is C23H17N5O6. The van der Waals surface area contributed by atoms with E-state index in [9.17, 15) is 29.9 Å². The lowest BCUT2D eigenvalue weighted by Gasteiger charge is -2.08. The molecule has 0 aliphatic heterocycles. The first-order valence-corrected chi connectivity index (χ1v) is 9.93. The second-order valence-electron chi connectivity index (χ2n) is 7.18. The summed E-state index contributed by atoms with van der Waals surface area (Å²) in [7, 11) is 0. The number of aromatic hydroxyl groups is 2. The van der Waals surface area contributed by atoms with E-state index in [-0.39, 0.29) is 35.1 Å². The van der Waals surface area contributed by atoms with E-state index in [1.807, 2.05) is 0 Å². The van der Waals surface area contributed by atoms with E-state index < -0.39 is 16.7 Å². The number of phenolic OH excluding ortho intramolecular Hbond substituents is 1. The van der Waals surface area contributed by atoms with E-state index in [0.717, 1.165) is 6.07 Å². The minimum absolute atomic E-state index is 0.0215. The number of carbonyl (C=O) groups is 2. The number of benzene rings is 3. The monoisotopic (exact) mass is 459 g/mol. The van der Waals surface area contributed by atoms with Gasteiger partial charge in [0.25, 0.3) is 11.6 Å². The Hall–Kier alpha value is -5.06. The van der Waals surface area contributed by atoms with Gasteiger partial charge in [-0.25, -0.2) is 0 Å². The predicted octanol–water partition coefficient (Wildman–Crippen LogP) is 4.52. The smallest absolute Gasteiger partial charge is 0.295 e. The number of hydrogen-bond acceptors (Lipinski definition) is 7. The van der Waals surface area contributed by atoms with Crippen molar-refractivity contribution in [3.8, 4) is 11.6 Å². The van der Waals surface area contributed by atoms with Gasteiger partial charge in [0.05, 0.1) is 16.0 Å². The first-order valence-electron chi connectivity index (χ1n) is 9.93. The lowest BCUT2D eigenvalue weighted by Crippen LogP contribution is -2.18. The molecule has 0 saturated carbocycles. The standard InChI is InChI=1S/C23H17N5O6/c29-17-10-8-15(9-11-17)24-20(30)13-27-19-7-2-1-6-18(19)21(23(27)32)25-26-22(31)14-4-3-5-16(12-14)28(33)34/h1-12,29,32H,13H2,(H,24,30). The Labute approximate surface area is 191 Å². The summed E-state index contributed by atoms with van der Waals surface area (Å²) in [6.45, 7) is -0.262. The van der Waals surface area contributed by atoms with Crippen LogP contribution in [0.1, 0.15) is 10.4 Å². The molecule has 2 amide bonds. The number of fused-ring (bicyclic) bond motifs is 1. The normalized spacial score (nSPS) is 11.1. The Bertz CT molecular complexity index is 1440. The van der Waals surface area contributed by atoms with Crippen LogP contribution in [0.2, 0.25) is 0 Å². The van der Waals surface area contributed by atoms with Crippen molar-refractivity contribution in [2.24, 2.45) is 10.2 Å². The van der Waals surface area contributed by atoms with Crippen molar-refractivity contribution >= 4 is 39.8 Å². The molecule has 4 rings (SSSR count). The highest BCUT2D eigenvalue weighted by Gasteiger charge is 2.19. The summed E-state index contributed by atoms with van der Waals surface area (Å²) in [5.41, 5.74) is 0.625. The number of nitrogens with one attached hydrogen (secondary N) is 1. The SMILES string of the molecule is O=C(Cn1c(O)c(N=NC(=O)c2cccc([N+](=O)[O-])c2)c2ccccc21)Nc1ccc(O)cc1. The summed E-state index contributed by atoms with van der Waals surface area (Å²) in [5, 5.41) is 41.7. The number of phenols is 1. The molecule has 11 nitrogen and oxygen atoms in total. The summed E-state index contributed by atoms with van der Waals surface area (Å²) in [6, 6.07) is 17.7. The summed E-state index contributed by atoms with van der Waals surface area (Å²) in [5.74, 6) is -1.60. The van der Waals surface area contributed by atoms with E-state index in [0.29, 0.717) is 16.6 Å². The highest BCUT2D eigenvalue weighted by Crippen LogP contribution is 2.39. The number of hydrogen-bond donors (Lipinski definition) is 3. The fourth-order valence-corrected chi connectivity index (χ4v) is 3.32. The van der Waals surface area contributed by atoms with Crippen LogP contribution in [0.4, 0.5) is 17.1 Å². The fraction of sp³-hybridized carbons (Fsp3) is 0.0435. The zero-order chi connectivity index (χ0) is 24.2. The van der Waals surface area contributed by atoms with E-state index in [1.165, 1.54) is 47.0 Å². The van der Waals surface area contributed by atoms with Crippen LogP contribution in [0.3, 0.4) is 0 Å². The van der Waals surface area contributed by atoms with Gasteiger partial charge in [-0.3, -0.25) is 19.7 Å². The average molecular weight is 459 g/mol. The van der Waals surface area contributed by atoms with Crippen molar-refractivity contribution in [1.82, 2.24) is 4.57 Å². The van der Waals surface area contributed by atoms with Crippen LogP contribution in [0.15, 0.2) is 83.0 Å². The predicted molar refractivity (Wildman–Crippen MR) is 122 cm³/mol. The molecule has 34 heavy (non-hydrogen) atoms. The Kier molecular flexibility index (Phi) is 5.99. The fourth-order valence-electron chi connectivity index (χ4n) is 3.32. The van der Waals surface area contributed by atoms with E-state index in [2.05, 4.69) is 15.5 Å². The van der Waals surface area contributed by atoms with Gasteiger partial charge in [-0.15, -0.1) is 10.2 Å². The maximum atomic E-state index is 12.5. The third kappa shape index (κ3) is 4.58. The molecule has 4 aromatic rings. The minimum Gasteiger partial charge on any atom is -0.508 e. The molecule has 0 fully saturated rings. The molecule has 11 heteroatoms. The van der Waals surface area contributed by atoms with Gasteiger partial charge in [0.1, 0.15) is 12.3 Å². The molecule has 0 aliphatic carbocycles. The van der Waals surface area contributed by atoms with Gasteiger partial charge in [-0.2, -0.15) is 0 Å². The summed E-state index contributed by atoms with van der Waals surface area (Å²) in [4.78, 5) is 35.2. The molecule has 0 unspecified atom stereocenters. The highest BCUT2D eigenvalue weighted by atomic mass is 16.6. The first kappa shape index (κ1) is 22.1. The number of amides is 2. The van der Waals surface area contributed by atoms with Crippen molar-refractivity contribution in [2.75, 3.05) is 5.32 Å². The number of non-ortho nitro benzene ring substituents is 1. The number of nitro groups is 1. The number of nitrogens with zero attached hydrogens (tertiary/aromatic N) is 4. The number of rotatable bonds is 6. The van der Waals surface area contributed by atoms with Crippen molar-refractivity contribution in [3.05, 3.63) is 88.5 Å². The van der Waals surface area contributed by atoms with Gasteiger partial charge in [0.15, 0.2) is 5.69 Å². The average Bonchev–Trinajstić information content (AvgIpc) is 3.09. The molecule has 170 valence electrons. The lowest BCUT2D eigenvalue weighted by atomic mass is 10.2. The van der Waals surface area contributed by atoms with Crippen LogP contribution in [-0.4, -0.2) is 31.5 Å². The molecule has 3 N–H and O–H groups in total. The first-order chi connectivity index (χ1) is 16.3. The summed E-state index contributed by atoms with van der Waals surface area (Å²) >= 11 is 0. The second-order valence-corrected chi connectivity index (χ2v) is 7.18. The van der Waals surface area contributed by atoms with Crippen molar-refractivity contribution in [2.45, 2.75) is 6.54 Å². The number of anilines is 1. The molecule has 3 aromatic carbocycles. The van der Waals surface area contributed by atoms with Crippen LogP contribution in [0.25, 0.3) is 10.9 Å². The molecule has 0 spiro atoms. The Morgan fingerprint density at radius 1 is 1.00 bits per heavy atom. The molecular weight excluding hydrogens is 442 g/mol. The van der Waals surface area contributed by atoms with Crippen molar-refractivity contribution < 1.29 is 24.7 Å². The van der Waals surface area contributed by atoms with E-state index in [1.54, 1.807) is 24.3 Å².